The lowest BCUT2D eigenvalue weighted by atomic mass is 10.1. The molecule has 0 saturated carbocycles. The SMILES string of the molecule is CC(N)C(N)c1sccc1Br. The van der Waals surface area contributed by atoms with Crippen molar-refractivity contribution in [2.45, 2.75) is 19.0 Å². The largest absolute Gasteiger partial charge is 0.326 e. The molecule has 4 N–H and O–H groups in total. The van der Waals surface area contributed by atoms with E-state index < -0.39 is 0 Å². The van der Waals surface area contributed by atoms with Gasteiger partial charge in [0.15, 0.2) is 0 Å². The third-order valence-corrected chi connectivity index (χ3v) is 3.49. The minimum Gasteiger partial charge on any atom is -0.326 e. The fourth-order valence-electron chi connectivity index (χ4n) is 0.782. The van der Waals surface area contributed by atoms with Gasteiger partial charge in [0.1, 0.15) is 0 Å². The predicted octanol–water partition coefficient (Wildman–Crippen LogP) is 1.86. The zero-order chi connectivity index (χ0) is 8.43. The van der Waals surface area contributed by atoms with E-state index in [1.807, 2.05) is 18.4 Å². The molecular weight excluding hydrogens is 224 g/mol. The molecule has 62 valence electrons. The highest BCUT2D eigenvalue weighted by molar-refractivity contribution is 9.10. The fourth-order valence-corrected chi connectivity index (χ4v) is 2.54. The summed E-state index contributed by atoms with van der Waals surface area (Å²) in [5.41, 5.74) is 11.5. The van der Waals surface area contributed by atoms with Crippen molar-refractivity contribution in [3.05, 3.63) is 20.8 Å². The maximum Gasteiger partial charge on any atom is 0.0552 e. The summed E-state index contributed by atoms with van der Waals surface area (Å²) in [6.45, 7) is 1.91. The topological polar surface area (TPSA) is 52.0 Å². The van der Waals surface area contributed by atoms with Crippen molar-refractivity contribution in [3.63, 3.8) is 0 Å². The standard InChI is InChI=1S/C7H11BrN2S/c1-4(9)6(10)7-5(8)2-3-11-7/h2-4,6H,9-10H2,1H3. The molecule has 11 heavy (non-hydrogen) atoms. The first-order valence-corrected chi connectivity index (χ1v) is 5.04. The van der Waals surface area contributed by atoms with Gasteiger partial charge in [0.25, 0.3) is 0 Å². The van der Waals surface area contributed by atoms with E-state index in [1.165, 1.54) is 0 Å². The van der Waals surface area contributed by atoms with Crippen LogP contribution in [0, 0.1) is 0 Å². The van der Waals surface area contributed by atoms with E-state index in [2.05, 4.69) is 15.9 Å². The van der Waals surface area contributed by atoms with Crippen molar-refractivity contribution in [1.82, 2.24) is 0 Å². The predicted molar refractivity (Wildman–Crippen MR) is 52.6 cm³/mol. The van der Waals surface area contributed by atoms with E-state index in [-0.39, 0.29) is 12.1 Å². The molecule has 0 aliphatic heterocycles. The smallest absolute Gasteiger partial charge is 0.0552 e. The summed E-state index contributed by atoms with van der Waals surface area (Å²) in [6, 6.07) is 1.94. The van der Waals surface area contributed by atoms with Gasteiger partial charge in [0, 0.05) is 15.4 Å². The second kappa shape index (κ2) is 3.67. The Morgan fingerprint density at radius 2 is 2.18 bits per heavy atom. The average Bonchev–Trinajstić information content (AvgIpc) is 2.33. The van der Waals surface area contributed by atoms with Crippen LogP contribution in [0.5, 0.6) is 0 Å². The van der Waals surface area contributed by atoms with Crippen LogP contribution < -0.4 is 11.5 Å². The lowest BCUT2D eigenvalue weighted by Crippen LogP contribution is -2.30. The van der Waals surface area contributed by atoms with Gasteiger partial charge in [-0.2, -0.15) is 0 Å². The van der Waals surface area contributed by atoms with Crippen LogP contribution in [-0.4, -0.2) is 6.04 Å². The van der Waals surface area contributed by atoms with Crippen molar-refractivity contribution in [2.75, 3.05) is 0 Å². The molecule has 2 nitrogen and oxygen atoms in total. The molecule has 0 fully saturated rings. The van der Waals surface area contributed by atoms with Gasteiger partial charge in [-0.25, -0.2) is 0 Å². The van der Waals surface area contributed by atoms with Crippen molar-refractivity contribution >= 4 is 27.3 Å². The fraction of sp³-hybridized carbons (Fsp3) is 0.429. The Morgan fingerprint density at radius 3 is 2.55 bits per heavy atom. The normalized spacial score (nSPS) is 16.4. The second-order valence-electron chi connectivity index (χ2n) is 2.52. The van der Waals surface area contributed by atoms with Crippen LogP contribution in [0.4, 0.5) is 0 Å². The van der Waals surface area contributed by atoms with Gasteiger partial charge < -0.3 is 11.5 Å². The van der Waals surface area contributed by atoms with Gasteiger partial charge in [0.05, 0.1) is 6.04 Å². The lowest BCUT2D eigenvalue weighted by Gasteiger charge is -2.13. The van der Waals surface area contributed by atoms with Crippen molar-refractivity contribution in [3.8, 4) is 0 Å². The summed E-state index contributed by atoms with van der Waals surface area (Å²) in [5.74, 6) is 0. The van der Waals surface area contributed by atoms with Crippen LogP contribution in [0.25, 0.3) is 0 Å². The van der Waals surface area contributed by atoms with Crippen LogP contribution in [0.1, 0.15) is 17.8 Å². The summed E-state index contributed by atoms with van der Waals surface area (Å²) >= 11 is 5.04. The molecule has 2 atom stereocenters. The summed E-state index contributed by atoms with van der Waals surface area (Å²) in [7, 11) is 0. The van der Waals surface area contributed by atoms with E-state index >= 15 is 0 Å². The van der Waals surface area contributed by atoms with Gasteiger partial charge >= 0.3 is 0 Å². The summed E-state index contributed by atoms with van der Waals surface area (Å²) < 4.78 is 1.06. The molecular formula is C7H11BrN2S. The Labute approximate surface area is 78.7 Å². The summed E-state index contributed by atoms with van der Waals surface area (Å²) in [4.78, 5) is 1.13. The van der Waals surface area contributed by atoms with Gasteiger partial charge in [-0.3, -0.25) is 0 Å². The second-order valence-corrected chi connectivity index (χ2v) is 4.32. The molecule has 1 rings (SSSR count). The monoisotopic (exact) mass is 234 g/mol. The molecule has 0 aromatic carbocycles. The van der Waals surface area contributed by atoms with Crippen molar-refractivity contribution in [2.24, 2.45) is 11.5 Å². The first-order valence-electron chi connectivity index (χ1n) is 3.37. The molecule has 1 aromatic rings. The Hall–Kier alpha value is 0.100. The Kier molecular flexibility index (Phi) is 3.06. The molecule has 0 aliphatic rings. The van der Waals surface area contributed by atoms with Crippen LogP contribution in [-0.2, 0) is 0 Å². The first-order chi connectivity index (χ1) is 5.13. The molecule has 4 heteroatoms. The van der Waals surface area contributed by atoms with Gasteiger partial charge in [-0.05, 0) is 34.3 Å². The average molecular weight is 235 g/mol. The minimum atomic E-state index is -0.0515. The molecule has 0 amide bonds. The Bertz CT molecular complexity index is 234. The molecule has 1 aromatic heterocycles. The molecule has 2 unspecified atom stereocenters. The number of hydrogen-bond donors (Lipinski definition) is 2. The molecule has 0 radical (unpaired) electrons. The van der Waals surface area contributed by atoms with Crippen LogP contribution in [0.3, 0.4) is 0 Å². The Balaban J connectivity index is 2.84. The lowest BCUT2D eigenvalue weighted by molar-refractivity contribution is 0.596. The molecule has 0 aliphatic carbocycles. The summed E-state index contributed by atoms with van der Waals surface area (Å²) in [6.07, 6.45) is 0. The maximum absolute atomic E-state index is 5.84. The summed E-state index contributed by atoms with van der Waals surface area (Å²) in [5, 5.41) is 2.00. The van der Waals surface area contributed by atoms with Crippen LogP contribution >= 0.6 is 27.3 Å². The first kappa shape index (κ1) is 9.19. The highest BCUT2D eigenvalue weighted by Gasteiger charge is 2.14. The molecule has 0 saturated heterocycles. The highest BCUT2D eigenvalue weighted by atomic mass is 79.9. The van der Waals surface area contributed by atoms with E-state index in [0.717, 1.165) is 9.35 Å². The zero-order valence-electron chi connectivity index (χ0n) is 6.25. The van der Waals surface area contributed by atoms with Crippen LogP contribution in [0.15, 0.2) is 15.9 Å². The third kappa shape index (κ3) is 2.02. The number of halogens is 1. The number of nitrogens with two attached hydrogens (primary N) is 2. The van der Waals surface area contributed by atoms with Crippen molar-refractivity contribution in [1.29, 1.82) is 0 Å². The quantitative estimate of drug-likeness (QED) is 0.821. The van der Waals surface area contributed by atoms with Gasteiger partial charge in [-0.1, -0.05) is 0 Å². The number of thiophene rings is 1. The van der Waals surface area contributed by atoms with E-state index in [0.29, 0.717) is 0 Å². The minimum absolute atomic E-state index is 0.00458. The number of rotatable bonds is 2. The van der Waals surface area contributed by atoms with Gasteiger partial charge in [-0.15, -0.1) is 11.3 Å². The van der Waals surface area contributed by atoms with E-state index in [9.17, 15) is 0 Å². The van der Waals surface area contributed by atoms with E-state index in [4.69, 9.17) is 11.5 Å². The Morgan fingerprint density at radius 1 is 1.55 bits per heavy atom. The number of hydrogen-bond acceptors (Lipinski definition) is 3. The van der Waals surface area contributed by atoms with Crippen molar-refractivity contribution < 1.29 is 0 Å². The van der Waals surface area contributed by atoms with E-state index in [1.54, 1.807) is 11.3 Å². The maximum atomic E-state index is 5.84. The molecule has 0 spiro atoms. The third-order valence-electron chi connectivity index (χ3n) is 1.51. The molecule has 0 bridgehead atoms. The van der Waals surface area contributed by atoms with Gasteiger partial charge in [0.2, 0.25) is 0 Å². The molecule has 1 heterocycles. The zero-order valence-corrected chi connectivity index (χ0v) is 8.65. The highest BCUT2D eigenvalue weighted by Crippen LogP contribution is 2.28. The van der Waals surface area contributed by atoms with Crippen LogP contribution in [0.2, 0.25) is 0 Å².